The summed E-state index contributed by atoms with van der Waals surface area (Å²) in [6.45, 7) is 3.89. The zero-order valence-corrected chi connectivity index (χ0v) is 18.0. The van der Waals surface area contributed by atoms with Gasteiger partial charge in [0, 0.05) is 13.0 Å². The second-order valence-corrected chi connectivity index (χ2v) is 8.64. The third-order valence-electron chi connectivity index (χ3n) is 4.11. The highest BCUT2D eigenvalue weighted by Crippen LogP contribution is 2.31. The molecule has 1 aromatic carbocycles. The van der Waals surface area contributed by atoms with Crippen molar-refractivity contribution in [2.24, 2.45) is 5.92 Å². The first-order valence-corrected chi connectivity index (χ1v) is 10.5. The fourth-order valence-corrected chi connectivity index (χ4v) is 3.95. The number of carboxylic acid groups (broad SMARTS) is 1. The van der Waals surface area contributed by atoms with E-state index >= 15 is 0 Å². The summed E-state index contributed by atoms with van der Waals surface area (Å²) in [5.74, 6) is -1.59. The van der Waals surface area contributed by atoms with Crippen LogP contribution >= 0.6 is 24.0 Å². The van der Waals surface area contributed by atoms with Gasteiger partial charge in [0.25, 0.3) is 5.91 Å². The standard InChI is InChI=1S/C21H24N2O4S2/c1-14(2)13-16(20(26)27)22-18(24)11-12-23-19(25)17(29-21(23)28)10-6-9-15-7-4-3-5-8-15/h3-10,14,16H,11-13H2,1-2H3,(H,22,24)(H,26,27)/b9-6+,17-10+/t16-/m1/s1. The average Bonchev–Trinajstić information content (AvgIpc) is 2.93. The monoisotopic (exact) mass is 432 g/mol. The third kappa shape index (κ3) is 7.14. The lowest BCUT2D eigenvalue weighted by atomic mass is 10.0. The highest BCUT2D eigenvalue weighted by molar-refractivity contribution is 8.26. The van der Waals surface area contributed by atoms with Gasteiger partial charge in [-0.3, -0.25) is 14.5 Å². The molecule has 0 radical (unpaired) electrons. The fourth-order valence-electron chi connectivity index (χ4n) is 2.69. The van der Waals surface area contributed by atoms with Crippen LogP contribution in [0.4, 0.5) is 0 Å². The molecule has 1 fully saturated rings. The fraction of sp³-hybridized carbons (Fsp3) is 0.333. The molecule has 29 heavy (non-hydrogen) atoms. The van der Waals surface area contributed by atoms with E-state index in [4.69, 9.17) is 12.2 Å². The molecule has 1 aliphatic heterocycles. The van der Waals surface area contributed by atoms with Gasteiger partial charge in [0.2, 0.25) is 5.91 Å². The van der Waals surface area contributed by atoms with Gasteiger partial charge in [0.15, 0.2) is 0 Å². The number of rotatable bonds is 9. The molecular weight excluding hydrogens is 408 g/mol. The summed E-state index contributed by atoms with van der Waals surface area (Å²) in [4.78, 5) is 37.8. The van der Waals surface area contributed by atoms with Crippen LogP contribution < -0.4 is 5.32 Å². The number of nitrogens with zero attached hydrogens (tertiary/aromatic N) is 1. The Morgan fingerprint density at radius 2 is 1.97 bits per heavy atom. The largest absolute Gasteiger partial charge is 0.480 e. The van der Waals surface area contributed by atoms with Crippen molar-refractivity contribution in [2.75, 3.05) is 6.54 Å². The first-order chi connectivity index (χ1) is 13.8. The Labute approximate surface area is 180 Å². The van der Waals surface area contributed by atoms with Gasteiger partial charge in [0.1, 0.15) is 10.4 Å². The average molecular weight is 433 g/mol. The molecule has 0 aromatic heterocycles. The van der Waals surface area contributed by atoms with Crippen molar-refractivity contribution in [3.05, 3.63) is 53.0 Å². The summed E-state index contributed by atoms with van der Waals surface area (Å²) in [7, 11) is 0. The van der Waals surface area contributed by atoms with E-state index in [1.165, 1.54) is 16.7 Å². The Balaban J connectivity index is 1.91. The van der Waals surface area contributed by atoms with Gasteiger partial charge >= 0.3 is 5.97 Å². The number of amides is 2. The minimum atomic E-state index is -1.06. The highest BCUT2D eigenvalue weighted by Gasteiger charge is 2.32. The number of thioether (sulfide) groups is 1. The summed E-state index contributed by atoms with van der Waals surface area (Å²) in [5.41, 5.74) is 1.02. The van der Waals surface area contributed by atoms with Gasteiger partial charge in [-0.2, -0.15) is 0 Å². The van der Waals surface area contributed by atoms with Crippen LogP contribution in [-0.2, 0) is 14.4 Å². The predicted octanol–water partition coefficient (Wildman–Crippen LogP) is 3.45. The van der Waals surface area contributed by atoms with Crippen LogP contribution in [0.1, 0.15) is 32.3 Å². The maximum absolute atomic E-state index is 12.5. The molecule has 0 aliphatic carbocycles. The molecule has 8 heteroatoms. The number of hydrogen-bond donors (Lipinski definition) is 2. The number of carbonyl (C=O) groups is 3. The molecular formula is C21H24N2O4S2. The van der Waals surface area contributed by atoms with Crippen molar-refractivity contribution in [3.8, 4) is 0 Å². The van der Waals surface area contributed by atoms with E-state index in [1.54, 1.807) is 12.2 Å². The topological polar surface area (TPSA) is 86.7 Å². The van der Waals surface area contributed by atoms with Crippen LogP contribution in [0.2, 0.25) is 0 Å². The Kier molecular flexibility index (Phi) is 8.60. The van der Waals surface area contributed by atoms with Gasteiger partial charge < -0.3 is 10.4 Å². The van der Waals surface area contributed by atoms with Crippen LogP contribution in [0.5, 0.6) is 0 Å². The molecule has 1 heterocycles. The molecule has 2 rings (SSSR count). The molecule has 1 aliphatic rings. The lowest BCUT2D eigenvalue weighted by molar-refractivity contribution is -0.142. The van der Waals surface area contributed by atoms with Crippen molar-refractivity contribution in [1.82, 2.24) is 10.2 Å². The number of aliphatic carboxylic acids is 1. The minimum absolute atomic E-state index is 0.0125. The van der Waals surface area contributed by atoms with E-state index in [0.29, 0.717) is 15.6 Å². The van der Waals surface area contributed by atoms with Gasteiger partial charge in [-0.1, -0.05) is 80.3 Å². The molecule has 2 amide bonds. The van der Waals surface area contributed by atoms with E-state index in [2.05, 4.69) is 5.32 Å². The molecule has 6 nitrogen and oxygen atoms in total. The van der Waals surface area contributed by atoms with E-state index in [9.17, 15) is 19.5 Å². The Morgan fingerprint density at radius 3 is 2.59 bits per heavy atom. The summed E-state index contributed by atoms with van der Waals surface area (Å²) >= 11 is 6.44. The number of carbonyl (C=O) groups excluding carboxylic acids is 2. The van der Waals surface area contributed by atoms with Gasteiger partial charge in [0.05, 0.1) is 4.91 Å². The highest BCUT2D eigenvalue weighted by atomic mass is 32.2. The third-order valence-corrected chi connectivity index (χ3v) is 5.51. The Hall–Kier alpha value is -2.45. The molecule has 1 aromatic rings. The van der Waals surface area contributed by atoms with Crippen molar-refractivity contribution in [2.45, 2.75) is 32.7 Å². The maximum Gasteiger partial charge on any atom is 0.326 e. The Bertz CT molecular complexity index is 834. The second kappa shape index (κ2) is 10.9. The van der Waals surface area contributed by atoms with Crippen LogP contribution in [0, 0.1) is 5.92 Å². The first kappa shape index (κ1) is 22.8. The molecule has 1 atom stereocenters. The molecule has 0 spiro atoms. The molecule has 1 saturated heterocycles. The SMILES string of the molecule is CC(C)C[C@@H](NC(=O)CCN1C(=O)/C(=C\C=C\c2ccccc2)SC1=S)C(=O)O. The number of benzene rings is 1. The van der Waals surface area contributed by atoms with Crippen LogP contribution in [0.3, 0.4) is 0 Å². The summed E-state index contributed by atoms with van der Waals surface area (Å²) in [6, 6.07) is 8.77. The van der Waals surface area contributed by atoms with Gasteiger partial charge in [-0.15, -0.1) is 0 Å². The first-order valence-electron chi connectivity index (χ1n) is 9.27. The number of hydrogen-bond acceptors (Lipinski definition) is 5. The van der Waals surface area contributed by atoms with E-state index in [0.717, 1.165) is 5.56 Å². The quantitative estimate of drug-likeness (QED) is 0.459. The number of nitrogens with one attached hydrogen (secondary N) is 1. The molecule has 2 N–H and O–H groups in total. The number of allylic oxidation sites excluding steroid dienone is 2. The zero-order valence-electron chi connectivity index (χ0n) is 16.3. The van der Waals surface area contributed by atoms with E-state index in [1.807, 2.05) is 50.3 Å². The number of thiocarbonyl (C=S) groups is 1. The van der Waals surface area contributed by atoms with Gasteiger partial charge in [-0.25, -0.2) is 4.79 Å². The van der Waals surface area contributed by atoms with Gasteiger partial charge in [-0.05, 0) is 24.0 Å². The predicted molar refractivity (Wildman–Crippen MR) is 119 cm³/mol. The normalized spacial score (nSPS) is 16.8. The maximum atomic E-state index is 12.5. The second-order valence-electron chi connectivity index (χ2n) is 6.96. The van der Waals surface area contributed by atoms with Crippen molar-refractivity contribution in [3.63, 3.8) is 0 Å². The Morgan fingerprint density at radius 1 is 1.28 bits per heavy atom. The van der Waals surface area contributed by atoms with Crippen molar-refractivity contribution < 1.29 is 19.5 Å². The zero-order chi connectivity index (χ0) is 21.4. The van der Waals surface area contributed by atoms with E-state index < -0.39 is 17.9 Å². The summed E-state index contributed by atoms with van der Waals surface area (Å²) < 4.78 is 0.388. The molecule has 0 saturated carbocycles. The lowest BCUT2D eigenvalue weighted by Crippen LogP contribution is -2.43. The molecule has 0 unspecified atom stereocenters. The smallest absolute Gasteiger partial charge is 0.326 e. The van der Waals surface area contributed by atoms with Crippen molar-refractivity contribution in [1.29, 1.82) is 0 Å². The van der Waals surface area contributed by atoms with E-state index in [-0.39, 0.29) is 24.8 Å². The summed E-state index contributed by atoms with van der Waals surface area (Å²) in [5, 5.41) is 11.7. The van der Waals surface area contributed by atoms with Crippen LogP contribution in [0.25, 0.3) is 6.08 Å². The summed E-state index contributed by atoms with van der Waals surface area (Å²) in [6.07, 6.45) is 5.72. The van der Waals surface area contributed by atoms with Crippen molar-refractivity contribution >= 4 is 52.2 Å². The minimum Gasteiger partial charge on any atom is -0.480 e. The molecule has 0 bridgehead atoms. The van der Waals surface area contributed by atoms with Crippen LogP contribution in [-0.4, -0.2) is 44.7 Å². The lowest BCUT2D eigenvalue weighted by Gasteiger charge is -2.18. The van der Waals surface area contributed by atoms with Crippen LogP contribution in [0.15, 0.2) is 47.4 Å². The molecule has 154 valence electrons. The number of carboxylic acids is 1.